The van der Waals surface area contributed by atoms with Gasteiger partial charge in [-0.1, -0.05) is 0 Å². The van der Waals surface area contributed by atoms with E-state index in [1.165, 1.54) is 25.1 Å². The van der Waals surface area contributed by atoms with Gasteiger partial charge < -0.3 is 4.90 Å². The van der Waals surface area contributed by atoms with Gasteiger partial charge in [0.1, 0.15) is 23.0 Å². The van der Waals surface area contributed by atoms with E-state index in [4.69, 9.17) is 0 Å². The van der Waals surface area contributed by atoms with Crippen LogP contribution < -0.4 is 4.90 Å². The van der Waals surface area contributed by atoms with E-state index in [9.17, 15) is 4.39 Å². The van der Waals surface area contributed by atoms with E-state index < -0.39 is 0 Å². The second kappa shape index (κ2) is 4.80. The molecule has 0 saturated carbocycles. The Labute approximate surface area is 121 Å². The quantitative estimate of drug-likeness (QED) is 0.725. The second-order valence-electron chi connectivity index (χ2n) is 5.15. The lowest BCUT2D eigenvalue weighted by Crippen LogP contribution is -2.19. The summed E-state index contributed by atoms with van der Waals surface area (Å²) in [6.07, 6.45) is 7.22. The van der Waals surface area contributed by atoms with Crippen LogP contribution in [0.4, 0.5) is 10.2 Å². The normalized spacial score (nSPS) is 15.0. The number of hydrogen-bond acceptors (Lipinski definition) is 4. The van der Waals surface area contributed by atoms with Crippen molar-refractivity contribution in [2.24, 2.45) is 0 Å². The highest BCUT2D eigenvalue weighted by atomic mass is 19.1. The summed E-state index contributed by atoms with van der Waals surface area (Å²) < 4.78 is 15.1. The topological polar surface area (TPSA) is 46.3 Å². The van der Waals surface area contributed by atoms with E-state index in [2.05, 4.69) is 19.9 Å². The summed E-state index contributed by atoms with van der Waals surface area (Å²) in [4.78, 5) is 15.4. The highest BCUT2D eigenvalue weighted by Gasteiger charge is 2.16. The second-order valence-corrected chi connectivity index (χ2v) is 5.15. The molecule has 6 heteroatoms. The molecule has 3 aromatic heterocycles. The van der Waals surface area contributed by atoms with Gasteiger partial charge >= 0.3 is 0 Å². The van der Waals surface area contributed by atoms with Crippen LogP contribution in [0.5, 0.6) is 0 Å². The molecule has 0 unspecified atom stereocenters. The number of imidazole rings is 1. The lowest BCUT2D eigenvalue weighted by molar-refractivity contribution is 0.619. The number of pyridine rings is 1. The zero-order chi connectivity index (χ0) is 14.2. The van der Waals surface area contributed by atoms with Crippen molar-refractivity contribution in [1.82, 2.24) is 19.4 Å². The van der Waals surface area contributed by atoms with Gasteiger partial charge in [0, 0.05) is 25.5 Å². The molecule has 0 N–H and O–H groups in total. The van der Waals surface area contributed by atoms with Crippen molar-refractivity contribution in [2.45, 2.75) is 12.8 Å². The average Bonchev–Trinajstić information content (AvgIpc) is 3.16. The zero-order valence-electron chi connectivity index (χ0n) is 11.4. The Balaban J connectivity index is 1.81. The van der Waals surface area contributed by atoms with Gasteiger partial charge in [-0.2, -0.15) is 0 Å². The molecule has 0 aliphatic carbocycles. The molecular formula is C15H14FN5. The zero-order valence-corrected chi connectivity index (χ0v) is 11.4. The third-order valence-electron chi connectivity index (χ3n) is 3.77. The SMILES string of the molecule is Fc1ccc2ncc(-c3nccc(N4CCCC4)n3)n2c1. The number of aromatic nitrogens is 4. The number of rotatable bonds is 2. The minimum Gasteiger partial charge on any atom is -0.356 e. The van der Waals surface area contributed by atoms with Crippen LogP contribution in [-0.2, 0) is 0 Å². The number of hydrogen-bond donors (Lipinski definition) is 0. The number of fused-ring (bicyclic) bond motifs is 1. The van der Waals surface area contributed by atoms with Gasteiger partial charge in [0.2, 0.25) is 0 Å². The van der Waals surface area contributed by atoms with Crippen molar-refractivity contribution in [3.05, 3.63) is 42.6 Å². The average molecular weight is 283 g/mol. The monoisotopic (exact) mass is 283 g/mol. The molecule has 1 saturated heterocycles. The molecule has 3 aromatic rings. The van der Waals surface area contributed by atoms with Crippen molar-refractivity contribution >= 4 is 11.5 Å². The van der Waals surface area contributed by atoms with Crippen LogP contribution in [-0.4, -0.2) is 32.4 Å². The highest BCUT2D eigenvalue weighted by molar-refractivity contribution is 5.58. The van der Waals surface area contributed by atoms with Gasteiger partial charge in [-0.15, -0.1) is 0 Å². The first-order chi connectivity index (χ1) is 10.3. The van der Waals surface area contributed by atoms with Crippen molar-refractivity contribution in [2.75, 3.05) is 18.0 Å². The molecule has 4 rings (SSSR count). The molecule has 1 fully saturated rings. The van der Waals surface area contributed by atoms with E-state index in [0.29, 0.717) is 17.2 Å². The smallest absolute Gasteiger partial charge is 0.180 e. The van der Waals surface area contributed by atoms with Crippen LogP contribution in [0.1, 0.15) is 12.8 Å². The molecule has 106 valence electrons. The maximum absolute atomic E-state index is 13.4. The first kappa shape index (κ1) is 12.3. The Morgan fingerprint density at radius 1 is 1.05 bits per heavy atom. The molecule has 0 amide bonds. The molecule has 0 aromatic carbocycles. The van der Waals surface area contributed by atoms with Gasteiger partial charge in [-0.05, 0) is 31.0 Å². The van der Waals surface area contributed by atoms with Crippen LogP contribution >= 0.6 is 0 Å². The molecule has 1 aliphatic rings. The summed E-state index contributed by atoms with van der Waals surface area (Å²) in [5, 5.41) is 0. The molecule has 0 spiro atoms. The van der Waals surface area contributed by atoms with E-state index in [1.54, 1.807) is 22.9 Å². The van der Waals surface area contributed by atoms with E-state index in [1.807, 2.05) is 6.07 Å². The Bertz CT molecular complexity index is 792. The van der Waals surface area contributed by atoms with Crippen molar-refractivity contribution < 1.29 is 4.39 Å². The van der Waals surface area contributed by atoms with Crippen LogP contribution in [0.25, 0.3) is 17.2 Å². The van der Waals surface area contributed by atoms with Crippen LogP contribution in [0.3, 0.4) is 0 Å². The number of anilines is 1. The van der Waals surface area contributed by atoms with Crippen molar-refractivity contribution in [3.8, 4) is 11.5 Å². The summed E-state index contributed by atoms with van der Waals surface area (Å²) in [6.45, 7) is 2.05. The Kier molecular flexibility index (Phi) is 2.80. The minimum absolute atomic E-state index is 0.308. The van der Waals surface area contributed by atoms with Crippen molar-refractivity contribution in [1.29, 1.82) is 0 Å². The maximum atomic E-state index is 13.4. The lowest BCUT2D eigenvalue weighted by atomic mass is 10.4. The van der Waals surface area contributed by atoms with Gasteiger partial charge in [-0.3, -0.25) is 4.40 Å². The van der Waals surface area contributed by atoms with Crippen LogP contribution in [0, 0.1) is 5.82 Å². The third kappa shape index (κ3) is 2.12. The number of halogens is 1. The molecule has 0 bridgehead atoms. The minimum atomic E-state index is -0.308. The fourth-order valence-corrected chi connectivity index (χ4v) is 2.72. The van der Waals surface area contributed by atoms with Gasteiger partial charge in [0.15, 0.2) is 5.82 Å². The molecule has 4 heterocycles. The van der Waals surface area contributed by atoms with Gasteiger partial charge in [0.25, 0.3) is 0 Å². The molecule has 0 atom stereocenters. The van der Waals surface area contributed by atoms with E-state index in [-0.39, 0.29) is 5.82 Å². The van der Waals surface area contributed by atoms with Gasteiger partial charge in [-0.25, -0.2) is 19.3 Å². The summed E-state index contributed by atoms with van der Waals surface area (Å²) in [5.41, 5.74) is 1.38. The molecule has 21 heavy (non-hydrogen) atoms. The Morgan fingerprint density at radius 2 is 1.90 bits per heavy atom. The standard InChI is InChI=1S/C15H14FN5/c16-11-3-4-13-18-9-12(21(13)10-11)15-17-6-5-14(19-15)20-7-1-2-8-20/h3-6,9-10H,1-2,7-8H2. The molecular weight excluding hydrogens is 269 g/mol. The third-order valence-corrected chi connectivity index (χ3v) is 3.77. The summed E-state index contributed by atoms with van der Waals surface area (Å²) in [6, 6.07) is 4.95. The largest absolute Gasteiger partial charge is 0.356 e. The Hall–Kier alpha value is -2.50. The predicted molar refractivity (Wildman–Crippen MR) is 77.6 cm³/mol. The van der Waals surface area contributed by atoms with Crippen LogP contribution in [0.2, 0.25) is 0 Å². The fourth-order valence-electron chi connectivity index (χ4n) is 2.72. The summed E-state index contributed by atoms with van der Waals surface area (Å²) >= 11 is 0. The summed E-state index contributed by atoms with van der Waals surface area (Å²) in [5.74, 6) is 1.18. The first-order valence-corrected chi connectivity index (χ1v) is 7.02. The summed E-state index contributed by atoms with van der Waals surface area (Å²) in [7, 11) is 0. The fraction of sp³-hybridized carbons (Fsp3) is 0.267. The molecule has 0 radical (unpaired) electrons. The van der Waals surface area contributed by atoms with Gasteiger partial charge in [0.05, 0.1) is 6.20 Å². The number of nitrogens with zero attached hydrogens (tertiary/aromatic N) is 5. The van der Waals surface area contributed by atoms with E-state index in [0.717, 1.165) is 18.9 Å². The highest BCUT2D eigenvalue weighted by Crippen LogP contribution is 2.22. The molecule has 1 aliphatic heterocycles. The molecule has 5 nitrogen and oxygen atoms in total. The lowest BCUT2D eigenvalue weighted by Gasteiger charge is -2.16. The van der Waals surface area contributed by atoms with Crippen molar-refractivity contribution in [3.63, 3.8) is 0 Å². The van der Waals surface area contributed by atoms with Crippen LogP contribution in [0.15, 0.2) is 36.8 Å². The predicted octanol–water partition coefficient (Wildman–Crippen LogP) is 2.53. The van der Waals surface area contributed by atoms with E-state index >= 15 is 0 Å². The first-order valence-electron chi connectivity index (χ1n) is 7.02. The Morgan fingerprint density at radius 3 is 2.76 bits per heavy atom. The maximum Gasteiger partial charge on any atom is 0.180 e.